The molecule has 1 saturated heterocycles. The number of amides is 1. The summed E-state index contributed by atoms with van der Waals surface area (Å²) in [4.78, 5) is 16.1. The topological polar surface area (TPSA) is 32.3 Å². The first-order valence-corrected chi connectivity index (χ1v) is 9.19. The first-order chi connectivity index (χ1) is 10.2. The predicted molar refractivity (Wildman–Crippen MR) is 87.4 cm³/mol. The van der Waals surface area contributed by atoms with Crippen LogP contribution in [-0.2, 0) is 4.79 Å². The van der Waals surface area contributed by atoms with E-state index in [0.717, 1.165) is 13.0 Å². The van der Waals surface area contributed by atoms with Gasteiger partial charge in [-0.3, -0.25) is 9.69 Å². The average Bonchev–Trinajstić information content (AvgIpc) is 3.11. The van der Waals surface area contributed by atoms with Gasteiger partial charge in [0, 0.05) is 17.0 Å². The monoisotopic (exact) mass is 306 g/mol. The predicted octanol–water partition coefficient (Wildman–Crippen LogP) is 3.58. The molecule has 1 aromatic heterocycles. The van der Waals surface area contributed by atoms with Crippen molar-refractivity contribution in [1.82, 2.24) is 10.2 Å². The van der Waals surface area contributed by atoms with E-state index < -0.39 is 0 Å². The fourth-order valence-corrected chi connectivity index (χ4v) is 4.68. The van der Waals surface area contributed by atoms with Gasteiger partial charge in [-0.25, -0.2) is 0 Å². The Balaban J connectivity index is 1.54. The normalized spacial score (nSPS) is 30.4. The van der Waals surface area contributed by atoms with Crippen molar-refractivity contribution < 1.29 is 4.79 Å². The number of hydrogen-bond donors (Lipinski definition) is 1. The van der Waals surface area contributed by atoms with E-state index in [1.807, 2.05) is 11.3 Å². The minimum atomic E-state index is 0.220. The maximum absolute atomic E-state index is 12.4. The molecule has 0 radical (unpaired) electrons. The third-order valence-electron chi connectivity index (χ3n) is 5.04. The highest BCUT2D eigenvalue weighted by atomic mass is 32.1. The molecule has 3 rings (SSSR count). The summed E-state index contributed by atoms with van der Waals surface area (Å²) in [6.45, 7) is 3.89. The van der Waals surface area contributed by atoms with E-state index in [-0.39, 0.29) is 5.91 Å². The molecule has 2 fully saturated rings. The molecule has 1 amide bonds. The van der Waals surface area contributed by atoms with E-state index in [9.17, 15) is 4.79 Å². The largest absolute Gasteiger partial charge is 0.352 e. The van der Waals surface area contributed by atoms with Gasteiger partial charge in [-0.1, -0.05) is 25.8 Å². The molecule has 0 spiro atoms. The molecular weight excluding hydrogens is 280 g/mol. The number of thiophene rings is 1. The molecule has 0 unspecified atom stereocenters. The van der Waals surface area contributed by atoms with Crippen molar-refractivity contribution in [3.63, 3.8) is 0 Å². The van der Waals surface area contributed by atoms with Crippen LogP contribution in [0.1, 0.15) is 56.4 Å². The molecule has 1 aliphatic carbocycles. The van der Waals surface area contributed by atoms with Gasteiger partial charge in [0.1, 0.15) is 0 Å². The smallest absolute Gasteiger partial charge is 0.234 e. The highest BCUT2D eigenvalue weighted by Gasteiger charge is 2.29. The van der Waals surface area contributed by atoms with Crippen LogP contribution in [0, 0.1) is 5.92 Å². The number of nitrogens with one attached hydrogen (secondary N) is 1. The molecular formula is C17H26N2OS. The van der Waals surface area contributed by atoms with E-state index in [1.165, 1.54) is 37.0 Å². The number of likely N-dealkylation sites (tertiary alicyclic amines) is 1. The highest BCUT2D eigenvalue weighted by Crippen LogP contribution is 2.34. The summed E-state index contributed by atoms with van der Waals surface area (Å²) in [7, 11) is 0. The lowest BCUT2D eigenvalue weighted by Gasteiger charge is -2.31. The molecule has 2 heterocycles. The average molecular weight is 306 g/mol. The zero-order chi connectivity index (χ0) is 14.7. The van der Waals surface area contributed by atoms with Crippen LogP contribution in [0.5, 0.6) is 0 Å². The van der Waals surface area contributed by atoms with Gasteiger partial charge in [0.25, 0.3) is 0 Å². The molecule has 1 aliphatic heterocycles. The Hall–Kier alpha value is -0.870. The number of carbonyl (C=O) groups excluding carboxylic acids is 1. The molecule has 4 heteroatoms. The quantitative estimate of drug-likeness (QED) is 0.922. The molecule has 1 aromatic rings. The summed E-state index contributed by atoms with van der Waals surface area (Å²) >= 11 is 1.81. The summed E-state index contributed by atoms with van der Waals surface area (Å²) in [6.07, 6.45) is 7.38. The van der Waals surface area contributed by atoms with Crippen LogP contribution in [0.3, 0.4) is 0 Å². The van der Waals surface area contributed by atoms with Crippen LogP contribution >= 0.6 is 11.3 Å². The van der Waals surface area contributed by atoms with E-state index >= 15 is 0 Å². The van der Waals surface area contributed by atoms with Crippen LogP contribution in [0.2, 0.25) is 0 Å². The first-order valence-electron chi connectivity index (χ1n) is 8.31. The lowest BCUT2D eigenvalue weighted by molar-refractivity contribution is -0.123. The third kappa shape index (κ3) is 3.67. The minimum Gasteiger partial charge on any atom is -0.352 e. The zero-order valence-corrected chi connectivity index (χ0v) is 13.7. The Bertz CT molecular complexity index is 459. The second-order valence-corrected chi connectivity index (χ2v) is 7.56. The zero-order valence-electron chi connectivity index (χ0n) is 12.9. The third-order valence-corrected chi connectivity index (χ3v) is 6.01. The summed E-state index contributed by atoms with van der Waals surface area (Å²) in [5.74, 6) is 0.853. The Labute approximate surface area is 131 Å². The summed E-state index contributed by atoms with van der Waals surface area (Å²) in [5, 5.41) is 5.42. The van der Waals surface area contributed by atoms with E-state index in [0.29, 0.717) is 24.5 Å². The molecule has 2 aliphatic rings. The number of hydrogen-bond acceptors (Lipinski definition) is 3. The molecule has 0 aromatic carbocycles. The Morgan fingerprint density at radius 1 is 1.33 bits per heavy atom. The second kappa shape index (κ2) is 6.93. The minimum absolute atomic E-state index is 0.220. The SMILES string of the molecule is C[C@H]1CCCC[C@@H]1NC(=O)CN1CCC[C@@H]1c1cccs1. The fraction of sp³-hybridized carbons (Fsp3) is 0.706. The van der Waals surface area contributed by atoms with Crippen LogP contribution in [0.15, 0.2) is 17.5 Å². The molecule has 1 saturated carbocycles. The molecule has 0 bridgehead atoms. The van der Waals surface area contributed by atoms with Crippen molar-refractivity contribution in [1.29, 1.82) is 0 Å². The number of carbonyl (C=O) groups is 1. The number of nitrogens with zero attached hydrogens (tertiary/aromatic N) is 1. The van der Waals surface area contributed by atoms with Crippen LogP contribution in [-0.4, -0.2) is 29.9 Å². The van der Waals surface area contributed by atoms with Gasteiger partial charge in [0.05, 0.1) is 6.54 Å². The van der Waals surface area contributed by atoms with Crippen molar-refractivity contribution in [2.45, 2.75) is 57.5 Å². The van der Waals surface area contributed by atoms with Gasteiger partial charge in [-0.05, 0) is 49.6 Å². The van der Waals surface area contributed by atoms with Crippen molar-refractivity contribution in [3.05, 3.63) is 22.4 Å². The molecule has 21 heavy (non-hydrogen) atoms. The first kappa shape index (κ1) is 15.0. The van der Waals surface area contributed by atoms with Crippen LogP contribution in [0.25, 0.3) is 0 Å². The maximum atomic E-state index is 12.4. The van der Waals surface area contributed by atoms with Gasteiger partial charge in [0.15, 0.2) is 0 Å². The Morgan fingerprint density at radius 3 is 2.95 bits per heavy atom. The molecule has 3 atom stereocenters. The summed E-state index contributed by atoms with van der Waals surface area (Å²) < 4.78 is 0. The van der Waals surface area contributed by atoms with Gasteiger partial charge in [-0.2, -0.15) is 0 Å². The summed E-state index contributed by atoms with van der Waals surface area (Å²) in [5.41, 5.74) is 0. The van der Waals surface area contributed by atoms with Crippen molar-refractivity contribution in [3.8, 4) is 0 Å². The lowest BCUT2D eigenvalue weighted by Crippen LogP contribution is -2.45. The van der Waals surface area contributed by atoms with E-state index in [4.69, 9.17) is 0 Å². The molecule has 3 nitrogen and oxygen atoms in total. The maximum Gasteiger partial charge on any atom is 0.234 e. The summed E-state index contributed by atoms with van der Waals surface area (Å²) in [6, 6.07) is 5.17. The number of rotatable bonds is 4. The van der Waals surface area contributed by atoms with Gasteiger partial charge < -0.3 is 5.32 Å². The van der Waals surface area contributed by atoms with Crippen molar-refractivity contribution >= 4 is 17.2 Å². The second-order valence-electron chi connectivity index (χ2n) is 6.58. The van der Waals surface area contributed by atoms with Crippen LogP contribution < -0.4 is 5.32 Å². The lowest BCUT2D eigenvalue weighted by atomic mass is 9.86. The van der Waals surface area contributed by atoms with Crippen molar-refractivity contribution in [2.75, 3.05) is 13.1 Å². The van der Waals surface area contributed by atoms with Gasteiger partial charge >= 0.3 is 0 Å². The highest BCUT2D eigenvalue weighted by molar-refractivity contribution is 7.10. The Morgan fingerprint density at radius 2 is 2.19 bits per heavy atom. The van der Waals surface area contributed by atoms with Crippen LogP contribution in [0.4, 0.5) is 0 Å². The van der Waals surface area contributed by atoms with Gasteiger partial charge in [0.2, 0.25) is 5.91 Å². The van der Waals surface area contributed by atoms with Gasteiger partial charge in [-0.15, -0.1) is 11.3 Å². The molecule has 116 valence electrons. The standard InChI is InChI=1S/C17H26N2OS/c1-13-6-2-3-7-14(13)18-17(20)12-19-10-4-8-15(19)16-9-5-11-21-16/h5,9,11,13-15H,2-4,6-8,10,12H2,1H3,(H,18,20)/t13-,14-,15+/m0/s1. The fourth-order valence-electron chi connectivity index (χ4n) is 3.79. The van der Waals surface area contributed by atoms with E-state index in [1.54, 1.807) is 0 Å². The van der Waals surface area contributed by atoms with E-state index in [2.05, 4.69) is 34.7 Å². The Kier molecular flexibility index (Phi) is 4.96. The molecule has 1 N–H and O–H groups in total. The van der Waals surface area contributed by atoms with Crippen molar-refractivity contribution in [2.24, 2.45) is 5.92 Å².